The molecule has 0 unspecified atom stereocenters. The third-order valence-corrected chi connectivity index (χ3v) is 7.56. The summed E-state index contributed by atoms with van der Waals surface area (Å²) >= 11 is 0. The van der Waals surface area contributed by atoms with Gasteiger partial charge in [0.1, 0.15) is 5.75 Å². The molecule has 3 aromatic rings. The van der Waals surface area contributed by atoms with Crippen molar-refractivity contribution in [3.63, 3.8) is 0 Å². The molecule has 0 radical (unpaired) electrons. The second kappa shape index (κ2) is 11.7. The van der Waals surface area contributed by atoms with E-state index in [0.717, 1.165) is 5.56 Å². The molecule has 0 aliphatic heterocycles. The molecule has 8 nitrogen and oxygen atoms in total. The summed E-state index contributed by atoms with van der Waals surface area (Å²) in [6, 6.07) is 19.8. The van der Waals surface area contributed by atoms with Crippen molar-refractivity contribution >= 4 is 15.9 Å². The van der Waals surface area contributed by atoms with E-state index in [-0.39, 0.29) is 23.8 Å². The molecule has 186 valence electrons. The standard InChI is InChI=1S/C26H30N2O6S/c1-28(35(30,31)22-8-6-5-7-9-22)23(20-11-13-21(32-2)14-12-20)17-26(29)27-18-19-10-15-24(33-3)25(16-19)34-4/h5-16,23H,17-18H2,1-4H3,(H,27,29)/t23-/m0/s1. The van der Waals surface area contributed by atoms with Crippen LogP contribution in [0.3, 0.4) is 0 Å². The molecule has 35 heavy (non-hydrogen) atoms. The Kier molecular flexibility index (Phi) is 8.73. The number of carbonyl (C=O) groups excluding carboxylic acids is 1. The van der Waals surface area contributed by atoms with Gasteiger partial charge in [-0.15, -0.1) is 0 Å². The molecule has 1 amide bonds. The predicted octanol–water partition coefficient (Wildman–Crippen LogP) is 3.78. The molecule has 3 rings (SSSR count). The largest absolute Gasteiger partial charge is 0.497 e. The molecule has 0 spiro atoms. The summed E-state index contributed by atoms with van der Waals surface area (Å²) in [6.45, 7) is 0.254. The third kappa shape index (κ3) is 6.32. The average Bonchev–Trinajstić information content (AvgIpc) is 2.90. The fourth-order valence-corrected chi connectivity index (χ4v) is 5.01. The number of nitrogens with zero attached hydrogens (tertiary/aromatic N) is 1. The fraction of sp³-hybridized carbons (Fsp3) is 0.269. The Labute approximate surface area is 206 Å². The van der Waals surface area contributed by atoms with E-state index in [0.29, 0.717) is 22.8 Å². The number of carbonyl (C=O) groups is 1. The lowest BCUT2D eigenvalue weighted by atomic mass is 10.0. The SMILES string of the molecule is COc1ccc([C@H](CC(=O)NCc2ccc(OC)c(OC)c2)N(C)S(=O)(=O)c2ccccc2)cc1. The number of methoxy groups -OCH3 is 3. The van der Waals surface area contributed by atoms with E-state index in [1.165, 1.54) is 23.5 Å². The minimum atomic E-state index is -3.84. The predicted molar refractivity (Wildman–Crippen MR) is 133 cm³/mol. The molecular weight excluding hydrogens is 468 g/mol. The molecule has 0 heterocycles. The summed E-state index contributed by atoms with van der Waals surface area (Å²) in [7, 11) is 2.30. The van der Waals surface area contributed by atoms with Gasteiger partial charge in [0, 0.05) is 20.0 Å². The highest BCUT2D eigenvalue weighted by Gasteiger charge is 2.30. The first-order valence-electron chi connectivity index (χ1n) is 10.9. The lowest BCUT2D eigenvalue weighted by Gasteiger charge is -2.28. The number of nitrogens with one attached hydrogen (secondary N) is 1. The van der Waals surface area contributed by atoms with Crippen LogP contribution in [0.25, 0.3) is 0 Å². The van der Waals surface area contributed by atoms with Crippen molar-refractivity contribution < 1.29 is 27.4 Å². The Morgan fingerprint density at radius 1 is 0.886 bits per heavy atom. The van der Waals surface area contributed by atoms with Gasteiger partial charge in [-0.25, -0.2) is 8.42 Å². The van der Waals surface area contributed by atoms with Crippen LogP contribution in [0.4, 0.5) is 0 Å². The van der Waals surface area contributed by atoms with E-state index < -0.39 is 16.1 Å². The van der Waals surface area contributed by atoms with Crippen LogP contribution in [0.1, 0.15) is 23.6 Å². The zero-order valence-electron chi connectivity index (χ0n) is 20.2. The number of ether oxygens (including phenoxy) is 3. The van der Waals surface area contributed by atoms with Gasteiger partial charge in [0.25, 0.3) is 0 Å². The maximum Gasteiger partial charge on any atom is 0.243 e. The topological polar surface area (TPSA) is 94.2 Å². The minimum Gasteiger partial charge on any atom is -0.497 e. The molecule has 1 N–H and O–H groups in total. The summed E-state index contributed by atoms with van der Waals surface area (Å²) in [5.74, 6) is 1.49. The van der Waals surface area contributed by atoms with Crippen LogP contribution in [0, 0.1) is 0 Å². The summed E-state index contributed by atoms with van der Waals surface area (Å²) in [5.41, 5.74) is 1.50. The van der Waals surface area contributed by atoms with Crippen LogP contribution >= 0.6 is 0 Å². The van der Waals surface area contributed by atoms with Gasteiger partial charge in [-0.2, -0.15) is 4.31 Å². The zero-order valence-corrected chi connectivity index (χ0v) is 21.0. The lowest BCUT2D eigenvalue weighted by molar-refractivity contribution is -0.122. The van der Waals surface area contributed by atoms with E-state index in [1.54, 1.807) is 75.9 Å². The quantitative estimate of drug-likeness (QED) is 0.432. The van der Waals surface area contributed by atoms with Gasteiger partial charge < -0.3 is 19.5 Å². The van der Waals surface area contributed by atoms with Crippen LogP contribution < -0.4 is 19.5 Å². The maximum absolute atomic E-state index is 13.3. The van der Waals surface area contributed by atoms with E-state index in [4.69, 9.17) is 14.2 Å². The Morgan fingerprint density at radius 3 is 2.14 bits per heavy atom. The number of amides is 1. The summed E-state index contributed by atoms with van der Waals surface area (Å²) in [4.78, 5) is 13.1. The van der Waals surface area contributed by atoms with Crippen molar-refractivity contribution in [2.24, 2.45) is 0 Å². The van der Waals surface area contributed by atoms with E-state index >= 15 is 0 Å². The molecule has 1 atom stereocenters. The molecule has 0 saturated heterocycles. The molecule has 9 heteroatoms. The second-order valence-corrected chi connectivity index (χ2v) is 9.79. The summed E-state index contributed by atoms with van der Waals surface area (Å²) in [5, 5.41) is 2.88. The summed E-state index contributed by atoms with van der Waals surface area (Å²) < 4.78 is 43.6. The van der Waals surface area contributed by atoms with Crippen LogP contribution in [-0.4, -0.2) is 47.0 Å². The Morgan fingerprint density at radius 2 is 1.54 bits per heavy atom. The Hall–Kier alpha value is -3.56. The van der Waals surface area contributed by atoms with Crippen LogP contribution in [0.5, 0.6) is 17.2 Å². The van der Waals surface area contributed by atoms with Gasteiger partial charge in [-0.05, 0) is 47.5 Å². The van der Waals surface area contributed by atoms with Gasteiger partial charge in [0.05, 0.1) is 32.3 Å². The van der Waals surface area contributed by atoms with Crippen molar-refractivity contribution in [3.05, 3.63) is 83.9 Å². The molecular formula is C26H30N2O6S. The fourth-order valence-electron chi connectivity index (χ4n) is 3.65. The van der Waals surface area contributed by atoms with E-state index in [9.17, 15) is 13.2 Å². The first-order valence-corrected chi connectivity index (χ1v) is 12.4. The lowest BCUT2D eigenvalue weighted by Crippen LogP contribution is -2.35. The Bertz CT molecular complexity index is 1230. The van der Waals surface area contributed by atoms with Crippen LogP contribution in [0.2, 0.25) is 0 Å². The van der Waals surface area contributed by atoms with Crippen molar-refractivity contribution in [3.8, 4) is 17.2 Å². The minimum absolute atomic E-state index is 0.0673. The van der Waals surface area contributed by atoms with E-state index in [2.05, 4.69) is 5.32 Å². The van der Waals surface area contributed by atoms with Gasteiger partial charge in [0.15, 0.2) is 11.5 Å². The normalized spacial score (nSPS) is 12.1. The number of hydrogen-bond acceptors (Lipinski definition) is 6. The molecule has 0 bridgehead atoms. The number of rotatable bonds is 11. The highest BCUT2D eigenvalue weighted by Crippen LogP contribution is 2.31. The average molecular weight is 499 g/mol. The third-order valence-electron chi connectivity index (χ3n) is 5.68. The molecule has 0 fully saturated rings. The number of hydrogen-bond donors (Lipinski definition) is 1. The van der Waals surface area contributed by atoms with Gasteiger partial charge in [-0.1, -0.05) is 36.4 Å². The van der Waals surface area contributed by atoms with Crippen LogP contribution in [-0.2, 0) is 21.4 Å². The smallest absolute Gasteiger partial charge is 0.243 e. The Balaban J connectivity index is 1.82. The maximum atomic E-state index is 13.3. The molecule has 0 saturated carbocycles. The first-order chi connectivity index (χ1) is 16.8. The number of sulfonamides is 1. The van der Waals surface area contributed by atoms with Crippen molar-refractivity contribution in [2.75, 3.05) is 28.4 Å². The molecule has 0 aliphatic carbocycles. The monoisotopic (exact) mass is 498 g/mol. The van der Waals surface area contributed by atoms with Crippen molar-refractivity contribution in [1.82, 2.24) is 9.62 Å². The molecule has 3 aromatic carbocycles. The molecule has 0 aliphatic rings. The van der Waals surface area contributed by atoms with Crippen molar-refractivity contribution in [2.45, 2.75) is 23.9 Å². The zero-order chi connectivity index (χ0) is 25.4. The van der Waals surface area contributed by atoms with E-state index in [1.807, 2.05) is 6.07 Å². The van der Waals surface area contributed by atoms with Crippen molar-refractivity contribution in [1.29, 1.82) is 0 Å². The first kappa shape index (κ1) is 26.1. The second-order valence-electron chi connectivity index (χ2n) is 7.79. The summed E-state index contributed by atoms with van der Waals surface area (Å²) in [6.07, 6.45) is -0.0673. The molecule has 0 aromatic heterocycles. The van der Waals surface area contributed by atoms with Gasteiger partial charge in [-0.3, -0.25) is 4.79 Å². The van der Waals surface area contributed by atoms with Crippen LogP contribution in [0.15, 0.2) is 77.7 Å². The van der Waals surface area contributed by atoms with Gasteiger partial charge >= 0.3 is 0 Å². The van der Waals surface area contributed by atoms with Gasteiger partial charge in [0.2, 0.25) is 15.9 Å². The number of benzene rings is 3. The highest BCUT2D eigenvalue weighted by molar-refractivity contribution is 7.89. The highest BCUT2D eigenvalue weighted by atomic mass is 32.2.